The van der Waals surface area contributed by atoms with Gasteiger partial charge in [-0.1, -0.05) is 36.4 Å². The van der Waals surface area contributed by atoms with Crippen LogP contribution in [0.4, 0.5) is 10.5 Å². The molecule has 0 unspecified atom stereocenters. The molecule has 0 saturated heterocycles. The van der Waals surface area contributed by atoms with Gasteiger partial charge in [-0.15, -0.1) is 0 Å². The van der Waals surface area contributed by atoms with E-state index in [1.54, 1.807) is 17.0 Å². The monoisotopic (exact) mass is 313 g/mol. The first-order valence-electron chi connectivity index (χ1n) is 7.70. The number of nitrogens with zero attached hydrogens (tertiary/aromatic N) is 2. The van der Waals surface area contributed by atoms with Crippen molar-refractivity contribution in [2.45, 2.75) is 0 Å². The van der Waals surface area contributed by atoms with E-state index in [0.29, 0.717) is 0 Å². The van der Waals surface area contributed by atoms with Crippen LogP contribution in [0.25, 0.3) is 22.2 Å². The molecule has 2 heterocycles. The summed E-state index contributed by atoms with van der Waals surface area (Å²) in [4.78, 5) is 16.8. The summed E-state index contributed by atoms with van der Waals surface area (Å²) in [5.41, 5.74) is 3.56. The van der Waals surface area contributed by atoms with E-state index >= 15 is 0 Å². The molecule has 0 aliphatic carbocycles. The molecule has 2 aromatic heterocycles. The molecule has 0 radical (unpaired) electrons. The summed E-state index contributed by atoms with van der Waals surface area (Å²) in [6, 6.07) is 23.0. The Hall–Kier alpha value is -3.40. The number of pyridine rings is 1. The van der Waals surface area contributed by atoms with E-state index in [2.05, 4.69) is 10.3 Å². The lowest BCUT2D eigenvalue weighted by Crippen LogP contribution is -2.18. The van der Waals surface area contributed by atoms with Crippen LogP contribution in [0.2, 0.25) is 0 Å². The Kier molecular flexibility index (Phi) is 3.56. The van der Waals surface area contributed by atoms with Crippen LogP contribution in [0.1, 0.15) is 0 Å². The van der Waals surface area contributed by atoms with Crippen LogP contribution < -0.4 is 5.32 Å². The largest absolute Gasteiger partial charge is 0.330 e. The van der Waals surface area contributed by atoms with Crippen molar-refractivity contribution >= 4 is 22.6 Å². The molecule has 0 atom stereocenters. The average Bonchev–Trinajstić information content (AvgIpc) is 3.07. The number of hydrogen-bond acceptors (Lipinski definition) is 2. The zero-order valence-corrected chi connectivity index (χ0v) is 12.9. The Labute approximate surface area is 139 Å². The fraction of sp³-hybridized carbons (Fsp3) is 0. The van der Waals surface area contributed by atoms with Crippen molar-refractivity contribution in [1.29, 1.82) is 0 Å². The van der Waals surface area contributed by atoms with E-state index in [9.17, 15) is 4.79 Å². The van der Waals surface area contributed by atoms with Crippen molar-refractivity contribution in [3.63, 3.8) is 0 Å². The SMILES string of the molecule is O=C(Nc1ccc(-c2ccccn2)cc1)n1ccc2ccccc21. The Bertz CT molecular complexity index is 988. The Morgan fingerprint density at radius 1 is 0.875 bits per heavy atom. The summed E-state index contributed by atoms with van der Waals surface area (Å²) < 4.78 is 1.61. The van der Waals surface area contributed by atoms with Crippen molar-refractivity contribution < 1.29 is 4.79 Å². The van der Waals surface area contributed by atoms with Gasteiger partial charge in [-0.2, -0.15) is 0 Å². The molecule has 0 spiro atoms. The van der Waals surface area contributed by atoms with Crippen LogP contribution in [0, 0.1) is 0 Å². The molecule has 1 amide bonds. The number of hydrogen-bond donors (Lipinski definition) is 1. The molecule has 0 aliphatic rings. The third-order valence-electron chi connectivity index (χ3n) is 3.92. The number of carbonyl (C=O) groups is 1. The van der Waals surface area contributed by atoms with E-state index in [0.717, 1.165) is 27.8 Å². The number of anilines is 1. The van der Waals surface area contributed by atoms with E-state index < -0.39 is 0 Å². The highest BCUT2D eigenvalue weighted by atomic mass is 16.2. The standard InChI is InChI=1S/C20H15N3O/c24-20(23-14-12-16-5-1-2-7-19(16)23)22-17-10-8-15(9-11-17)18-6-3-4-13-21-18/h1-14H,(H,22,24). The van der Waals surface area contributed by atoms with Crippen molar-refractivity contribution in [2.24, 2.45) is 0 Å². The average molecular weight is 313 g/mol. The van der Waals surface area contributed by atoms with Gasteiger partial charge in [-0.25, -0.2) is 4.79 Å². The predicted octanol–water partition coefficient (Wildman–Crippen LogP) is 4.78. The minimum Gasteiger partial charge on any atom is -0.307 e. The number of para-hydroxylation sites is 1. The van der Waals surface area contributed by atoms with Gasteiger partial charge in [-0.05, 0) is 36.4 Å². The van der Waals surface area contributed by atoms with Gasteiger partial charge >= 0.3 is 6.03 Å². The Morgan fingerprint density at radius 2 is 1.67 bits per heavy atom. The molecule has 0 bridgehead atoms. The van der Waals surface area contributed by atoms with Crippen molar-refractivity contribution in [1.82, 2.24) is 9.55 Å². The predicted molar refractivity (Wildman–Crippen MR) is 96.0 cm³/mol. The summed E-state index contributed by atoms with van der Waals surface area (Å²) in [5.74, 6) is 0. The molecule has 1 N–H and O–H groups in total. The van der Waals surface area contributed by atoms with E-state index in [1.165, 1.54) is 0 Å². The number of benzene rings is 2. The third-order valence-corrected chi connectivity index (χ3v) is 3.92. The fourth-order valence-corrected chi connectivity index (χ4v) is 2.70. The summed E-state index contributed by atoms with van der Waals surface area (Å²) in [5, 5.41) is 3.96. The highest BCUT2D eigenvalue weighted by Crippen LogP contribution is 2.20. The molecule has 116 valence electrons. The first-order valence-corrected chi connectivity index (χ1v) is 7.70. The maximum atomic E-state index is 12.5. The van der Waals surface area contributed by atoms with Crippen molar-refractivity contribution in [3.8, 4) is 11.3 Å². The van der Waals surface area contributed by atoms with E-state index in [-0.39, 0.29) is 6.03 Å². The molecular weight excluding hydrogens is 298 g/mol. The summed E-state index contributed by atoms with van der Waals surface area (Å²) >= 11 is 0. The van der Waals surface area contributed by atoms with Gasteiger partial charge in [0.1, 0.15) is 0 Å². The fourth-order valence-electron chi connectivity index (χ4n) is 2.70. The Morgan fingerprint density at radius 3 is 2.46 bits per heavy atom. The van der Waals surface area contributed by atoms with Crippen LogP contribution in [0.15, 0.2) is 85.2 Å². The summed E-state index contributed by atoms with van der Waals surface area (Å²) in [6.45, 7) is 0. The smallest absolute Gasteiger partial charge is 0.307 e. The lowest BCUT2D eigenvalue weighted by Gasteiger charge is -2.08. The van der Waals surface area contributed by atoms with E-state index in [1.807, 2.05) is 72.8 Å². The molecule has 24 heavy (non-hydrogen) atoms. The zero-order chi connectivity index (χ0) is 16.4. The normalized spacial score (nSPS) is 10.7. The first-order chi connectivity index (χ1) is 11.8. The number of rotatable bonds is 2. The second-order valence-electron chi connectivity index (χ2n) is 5.47. The first kappa shape index (κ1) is 14.2. The quantitative estimate of drug-likeness (QED) is 0.578. The van der Waals surface area contributed by atoms with Gasteiger partial charge in [0, 0.05) is 29.0 Å². The lowest BCUT2D eigenvalue weighted by molar-refractivity contribution is 0.254. The van der Waals surface area contributed by atoms with Crippen LogP contribution in [0.5, 0.6) is 0 Å². The Balaban J connectivity index is 1.56. The van der Waals surface area contributed by atoms with Crippen molar-refractivity contribution in [2.75, 3.05) is 5.32 Å². The second kappa shape index (κ2) is 6.01. The van der Waals surface area contributed by atoms with Gasteiger partial charge in [0.15, 0.2) is 0 Å². The number of nitrogens with one attached hydrogen (secondary N) is 1. The maximum absolute atomic E-state index is 12.5. The lowest BCUT2D eigenvalue weighted by atomic mass is 10.1. The van der Waals surface area contributed by atoms with Crippen LogP contribution in [-0.4, -0.2) is 15.6 Å². The van der Waals surface area contributed by atoms with Crippen molar-refractivity contribution in [3.05, 3.63) is 85.2 Å². The highest BCUT2D eigenvalue weighted by Gasteiger charge is 2.08. The van der Waals surface area contributed by atoms with Crippen LogP contribution in [-0.2, 0) is 0 Å². The number of fused-ring (bicyclic) bond motifs is 1. The topological polar surface area (TPSA) is 46.9 Å². The molecule has 4 heteroatoms. The number of amides is 1. The van der Waals surface area contributed by atoms with Gasteiger partial charge in [0.05, 0.1) is 11.2 Å². The number of aromatic nitrogens is 2. The number of carbonyl (C=O) groups excluding carboxylic acids is 1. The molecule has 4 aromatic rings. The zero-order valence-electron chi connectivity index (χ0n) is 12.9. The molecule has 4 rings (SSSR count). The van der Waals surface area contributed by atoms with Gasteiger partial charge in [-0.3, -0.25) is 9.55 Å². The van der Waals surface area contributed by atoms with Gasteiger partial charge < -0.3 is 5.32 Å². The minimum atomic E-state index is -0.179. The molecule has 0 fully saturated rings. The summed E-state index contributed by atoms with van der Waals surface area (Å²) in [7, 11) is 0. The van der Waals surface area contributed by atoms with Gasteiger partial charge in [0.25, 0.3) is 0 Å². The molecule has 0 saturated carbocycles. The third kappa shape index (κ3) is 2.65. The van der Waals surface area contributed by atoms with Gasteiger partial charge in [0.2, 0.25) is 0 Å². The molecule has 0 aliphatic heterocycles. The van der Waals surface area contributed by atoms with Crippen LogP contribution in [0.3, 0.4) is 0 Å². The second-order valence-corrected chi connectivity index (χ2v) is 5.47. The summed E-state index contributed by atoms with van der Waals surface area (Å²) in [6.07, 6.45) is 3.55. The molecular formula is C20H15N3O. The van der Waals surface area contributed by atoms with Crippen LogP contribution >= 0.6 is 0 Å². The maximum Gasteiger partial charge on any atom is 0.330 e. The molecule has 4 nitrogen and oxygen atoms in total. The molecule has 2 aromatic carbocycles. The highest BCUT2D eigenvalue weighted by molar-refractivity contribution is 5.98. The van der Waals surface area contributed by atoms with E-state index in [4.69, 9.17) is 0 Å². The minimum absolute atomic E-state index is 0.179.